The molecule has 0 spiro atoms. The van der Waals surface area contributed by atoms with Crippen LogP contribution in [-0.4, -0.2) is 24.0 Å². The third-order valence-corrected chi connectivity index (χ3v) is 5.39. The molecule has 0 saturated carbocycles. The standard InChI is InChI=1S/C21H25N3O.ClH/c1-2-15-5-3-6-17(13-15)22-21(25)23-18-9-8-16-10-12-24-11-4-7-20(24)19(16)14-18;/h3,5-6,8-9,13-14,20H,2,4,7,10-12H2,1H3,(H2,22,23,25);1H. The number of fused-ring (bicyclic) bond motifs is 3. The van der Waals surface area contributed by atoms with Crippen LogP contribution in [0.25, 0.3) is 0 Å². The maximum absolute atomic E-state index is 12.3. The Morgan fingerprint density at radius 1 is 1.12 bits per heavy atom. The van der Waals surface area contributed by atoms with Crippen molar-refractivity contribution in [2.24, 2.45) is 0 Å². The monoisotopic (exact) mass is 371 g/mol. The van der Waals surface area contributed by atoms with Crippen molar-refractivity contribution in [1.29, 1.82) is 0 Å². The minimum Gasteiger partial charge on any atom is -0.308 e. The van der Waals surface area contributed by atoms with Gasteiger partial charge in [-0.1, -0.05) is 25.1 Å². The van der Waals surface area contributed by atoms with Crippen LogP contribution in [-0.2, 0) is 12.8 Å². The first-order valence-electron chi connectivity index (χ1n) is 9.27. The summed E-state index contributed by atoms with van der Waals surface area (Å²) in [5.41, 5.74) is 5.75. The van der Waals surface area contributed by atoms with Crippen LogP contribution in [0.1, 0.15) is 42.5 Å². The molecule has 1 fully saturated rings. The second-order valence-corrected chi connectivity index (χ2v) is 6.99. The number of nitrogens with one attached hydrogen (secondary N) is 2. The second-order valence-electron chi connectivity index (χ2n) is 6.99. The fourth-order valence-corrected chi connectivity index (χ4v) is 4.08. The molecular formula is C21H26ClN3O. The van der Waals surface area contributed by atoms with Gasteiger partial charge in [0.05, 0.1) is 0 Å². The molecule has 0 aromatic heterocycles. The van der Waals surface area contributed by atoms with Crippen molar-refractivity contribution in [3.05, 3.63) is 59.2 Å². The predicted octanol–water partition coefficient (Wildman–Crippen LogP) is 5.01. The third-order valence-electron chi connectivity index (χ3n) is 5.39. The predicted molar refractivity (Wildman–Crippen MR) is 109 cm³/mol. The van der Waals surface area contributed by atoms with E-state index >= 15 is 0 Å². The van der Waals surface area contributed by atoms with Gasteiger partial charge in [0, 0.05) is 24.0 Å². The second kappa shape index (κ2) is 8.11. The topological polar surface area (TPSA) is 44.4 Å². The van der Waals surface area contributed by atoms with Crippen molar-refractivity contribution < 1.29 is 4.79 Å². The molecule has 138 valence electrons. The lowest BCUT2D eigenvalue weighted by Crippen LogP contribution is -2.31. The van der Waals surface area contributed by atoms with Crippen molar-refractivity contribution >= 4 is 29.8 Å². The fourth-order valence-electron chi connectivity index (χ4n) is 4.08. The van der Waals surface area contributed by atoms with E-state index in [-0.39, 0.29) is 18.4 Å². The lowest BCUT2D eigenvalue weighted by atomic mass is 9.92. The molecule has 2 heterocycles. The number of amides is 2. The minimum absolute atomic E-state index is 0. The molecule has 2 N–H and O–H groups in total. The van der Waals surface area contributed by atoms with Gasteiger partial charge < -0.3 is 10.6 Å². The van der Waals surface area contributed by atoms with Gasteiger partial charge in [0.1, 0.15) is 0 Å². The molecule has 1 atom stereocenters. The van der Waals surface area contributed by atoms with Gasteiger partial charge in [0.25, 0.3) is 0 Å². The molecule has 2 aromatic carbocycles. The normalized spacial score (nSPS) is 18.4. The molecule has 5 heteroatoms. The number of halogens is 1. The minimum atomic E-state index is -0.188. The Morgan fingerprint density at radius 2 is 1.92 bits per heavy atom. The number of carbonyl (C=O) groups excluding carboxylic acids is 1. The zero-order chi connectivity index (χ0) is 17.2. The van der Waals surface area contributed by atoms with E-state index in [9.17, 15) is 4.79 Å². The Morgan fingerprint density at radius 3 is 2.73 bits per heavy atom. The molecule has 2 aromatic rings. The summed E-state index contributed by atoms with van der Waals surface area (Å²) in [5, 5.41) is 5.92. The van der Waals surface area contributed by atoms with Gasteiger partial charge in [-0.25, -0.2) is 4.79 Å². The summed E-state index contributed by atoms with van der Waals surface area (Å²) in [6.45, 7) is 4.48. The van der Waals surface area contributed by atoms with Crippen molar-refractivity contribution in [1.82, 2.24) is 4.90 Å². The Hall–Kier alpha value is -2.04. The number of urea groups is 1. The van der Waals surface area contributed by atoms with E-state index in [1.807, 2.05) is 24.3 Å². The van der Waals surface area contributed by atoms with Crippen molar-refractivity contribution in [2.45, 2.75) is 38.6 Å². The van der Waals surface area contributed by atoms with Gasteiger partial charge >= 0.3 is 6.03 Å². The molecule has 4 nitrogen and oxygen atoms in total. The highest BCUT2D eigenvalue weighted by atomic mass is 35.5. The maximum Gasteiger partial charge on any atom is 0.323 e. The van der Waals surface area contributed by atoms with E-state index in [0.717, 1.165) is 24.2 Å². The summed E-state index contributed by atoms with van der Waals surface area (Å²) < 4.78 is 0. The Kier molecular flexibility index (Phi) is 5.84. The highest BCUT2D eigenvalue weighted by Crippen LogP contribution is 2.38. The number of hydrogen-bond acceptors (Lipinski definition) is 2. The zero-order valence-corrected chi connectivity index (χ0v) is 15.9. The van der Waals surface area contributed by atoms with Crippen LogP contribution in [0, 0.1) is 0 Å². The Labute approximate surface area is 161 Å². The molecular weight excluding hydrogens is 346 g/mol. The number of nitrogens with zero attached hydrogens (tertiary/aromatic N) is 1. The van der Waals surface area contributed by atoms with Crippen LogP contribution in [0.4, 0.5) is 16.2 Å². The summed E-state index contributed by atoms with van der Waals surface area (Å²) in [6, 6.07) is 14.7. The lowest BCUT2D eigenvalue weighted by molar-refractivity contribution is 0.244. The van der Waals surface area contributed by atoms with Crippen molar-refractivity contribution in [2.75, 3.05) is 23.7 Å². The summed E-state index contributed by atoms with van der Waals surface area (Å²) in [5.74, 6) is 0. The highest BCUT2D eigenvalue weighted by Gasteiger charge is 2.31. The van der Waals surface area contributed by atoms with Crippen LogP contribution >= 0.6 is 12.4 Å². The number of anilines is 2. The first-order chi connectivity index (χ1) is 12.2. The van der Waals surface area contributed by atoms with E-state index in [0.29, 0.717) is 6.04 Å². The molecule has 0 radical (unpaired) electrons. The van der Waals surface area contributed by atoms with E-state index in [1.165, 1.54) is 42.6 Å². The van der Waals surface area contributed by atoms with Crippen molar-refractivity contribution in [3.63, 3.8) is 0 Å². The molecule has 4 rings (SSSR count). The molecule has 2 aliphatic heterocycles. The average molecular weight is 372 g/mol. The van der Waals surface area contributed by atoms with E-state index in [2.05, 4.69) is 40.7 Å². The first kappa shape index (κ1) is 18.7. The van der Waals surface area contributed by atoms with Crippen molar-refractivity contribution in [3.8, 4) is 0 Å². The number of carbonyl (C=O) groups is 1. The van der Waals surface area contributed by atoms with Crippen LogP contribution in [0.2, 0.25) is 0 Å². The van der Waals surface area contributed by atoms with E-state index in [4.69, 9.17) is 0 Å². The van der Waals surface area contributed by atoms with Crippen LogP contribution in [0.3, 0.4) is 0 Å². The van der Waals surface area contributed by atoms with Gasteiger partial charge in [-0.3, -0.25) is 4.90 Å². The quantitative estimate of drug-likeness (QED) is 0.796. The third kappa shape index (κ3) is 3.87. The van der Waals surface area contributed by atoms with Gasteiger partial charge in [0.2, 0.25) is 0 Å². The molecule has 1 saturated heterocycles. The zero-order valence-electron chi connectivity index (χ0n) is 15.1. The van der Waals surface area contributed by atoms with Gasteiger partial charge in [0.15, 0.2) is 0 Å². The lowest BCUT2D eigenvalue weighted by Gasteiger charge is -2.32. The summed E-state index contributed by atoms with van der Waals surface area (Å²) >= 11 is 0. The summed E-state index contributed by atoms with van der Waals surface area (Å²) in [4.78, 5) is 14.9. The van der Waals surface area contributed by atoms with Crippen LogP contribution in [0.15, 0.2) is 42.5 Å². The number of benzene rings is 2. The largest absolute Gasteiger partial charge is 0.323 e. The maximum atomic E-state index is 12.3. The number of rotatable bonds is 3. The van der Waals surface area contributed by atoms with Gasteiger partial charge in [-0.15, -0.1) is 12.4 Å². The molecule has 2 amide bonds. The Balaban J connectivity index is 0.00000196. The van der Waals surface area contributed by atoms with E-state index in [1.54, 1.807) is 0 Å². The molecule has 1 unspecified atom stereocenters. The first-order valence-corrected chi connectivity index (χ1v) is 9.27. The fraction of sp³-hybridized carbons (Fsp3) is 0.381. The van der Waals surface area contributed by atoms with E-state index < -0.39 is 0 Å². The smallest absolute Gasteiger partial charge is 0.308 e. The number of aryl methyl sites for hydroxylation is 1. The molecule has 26 heavy (non-hydrogen) atoms. The SMILES string of the molecule is CCc1cccc(NC(=O)Nc2ccc3c(c2)C2CCCN2CC3)c1.Cl. The van der Waals surface area contributed by atoms with Crippen LogP contribution < -0.4 is 10.6 Å². The summed E-state index contributed by atoms with van der Waals surface area (Å²) in [7, 11) is 0. The summed E-state index contributed by atoms with van der Waals surface area (Å²) in [6.07, 6.45) is 4.57. The number of hydrogen-bond donors (Lipinski definition) is 2. The Bertz CT molecular complexity index is 793. The highest BCUT2D eigenvalue weighted by molar-refractivity contribution is 5.99. The van der Waals surface area contributed by atoms with Gasteiger partial charge in [-0.05, 0) is 73.2 Å². The van der Waals surface area contributed by atoms with Gasteiger partial charge in [-0.2, -0.15) is 0 Å². The van der Waals surface area contributed by atoms with Crippen LogP contribution in [0.5, 0.6) is 0 Å². The molecule has 0 aliphatic carbocycles. The average Bonchev–Trinajstić information content (AvgIpc) is 3.11. The molecule has 0 bridgehead atoms. The molecule has 2 aliphatic rings.